The van der Waals surface area contributed by atoms with Gasteiger partial charge in [-0.25, -0.2) is 4.98 Å². The van der Waals surface area contributed by atoms with E-state index >= 15 is 0 Å². The molecule has 1 aliphatic heterocycles. The summed E-state index contributed by atoms with van der Waals surface area (Å²) in [6.45, 7) is 7.59. The number of nitrogens with one attached hydrogen (secondary N) is 1. The Hall–Kier alpha value is -1.94. The molecule has 0 amide bonds. The van der Waals surface area contributed by atoms with Crippen molar-refractivity contribution in [3.63, 3.8) is 0 Å². The summed E-state index contributed by atoms with van der Waals surface area (Å²) in [5, 5.41) is 18.0. The number of nitriles is 1. The van der Waals surface area contributed by atoms with Crippen LogP contribution in [0.5, 0.6) is 0 Å². The predicted octanol–water partition coefficient (Wildman–Crippen LogP) is 3.54. The molecule has 0 unspecified atom stereocenters. The van der Waals surface area contributed by atoms with E-state index in [4.69, 9.17) is 0 Å². The second kappa shape index (κ2) is 8.37. The first-order valence-corrected chi connectivity index (χ1v) is 13.3. The maximum atomic E-state index is 13.1. The van der Waals surface area contributed by atoms with Crippen molar-refractivity contribution in [3.05, 3.63) is 51.0 Å². The van der Waals surface area contributed by atoms with Crippen molar-refractivity contribution in [1.82, 2.24) is 24.3 Å². The van der Waals surface area contributed by atoms with Gasteiger partial charge in [-0.3, -0.25) is 4.40 Å². The lowest BCUT2D eigenvalue weighted by Gasteiger charge is -2.44. The van der Waals surface area contributed by atoms with E-state index in [1.54, 1.807) is 6.33 Å². The number of fused-ring (bicyclic) bond motifs is 2. The number of nitrogens with zero attached hydrogens (tertiary/aromatic N) is 6. The molecule has 172 valence electrons. The van der Waals surface area contributed by atoms with E-state index in [9.17, 15) is 9.81 Å². The molecule has 3 aromatic rings. The fourth-order valence-corrected chi connectivity index (χ4v) is 6.52. The summed E-state index contributed by atoms with van der Waals surface area (Å²) < 4.78 is 19.2. The summed E-state index contributed by atoms with van der Waals surface area (Å²) in [5.74, 6) is 0.848. The monoisotopic (exact) mass is 575 g/mol. The smallest absolute Gasteiger partial charge is 0.212 e. The van der Waals surface area contributed by atoms with Crippen molar-refractivity contribution in [2.45, 2.75) is 50.8 Å². The van der Waals surface area contributed by atoms with Crippen LogP contribution in [0, 0.1) is 20.3 Å². The van der Waals surface area contributed by atoms with E-state index in [1.807, 2.05) is 43.5 Å². The van der Waals surface area contributed by atoms with Gasteiger partial charge in [-0.1, -0.05) is 12.1 Å². The van der Waals surface area contributed by atoms with Gasteiger partial charge in [0, 0.05) is 36.1 Å². The maximum Gasteiger partial charge on any atom is 0.212 e. The molecule has 33 heavy (non-hydrogen) atoms. The Bertz CT molecular complexity index is 1240. The summed E-state index contributed by atoms with van der Waals surface area (Å²) in [7, 11) is 0. The fraction of sp³-hybridized carbons (Fsp3) is 0.478. The van der Waals surface area contributed by atoms with E-state index < -0.39 is 11.4 Å². The van der Waals surface area contributed by atoms with E-state index in [0.29, 0.717) is 0 Å². The zero-order chi connectivity index (χ0) is 23.4. The van der Waals surface area contributed by atoms with E-state index in [2.05, 4.69) is 59.5 Å². The van der Waals surface area contributed by atoms with Crippen molar-refractivity contribution in [3.8, 4) is 6.07 Å². The van der Waals surface area contributed by atoms with Gasteiger partial charge in [0.05, 0.1) is 21.2 Å². The standard InChI is InChI=1S/C23H26IN7OS/c1-22(2,3)33(32)29-19-16-6-4-5-15(12-25)17(16)11-23(19)7-9-30(10-8-23)21-26-13-18(24)20-28-27-14-31(20)21/h4-6,13-14,19,29H,7-11H2,1-3H3/t19-,33-/m1/s1. The second-order valence-electron chi connectivity index (χ2n) is 9.87. The molecular formula is C23H26IN7OS. The number of benzene rings is 1. The highest BCUT2D eigenvalue weighted by molar-refractivity contribution is 14.1. The minimum atomic E-state index is -1.21. The molecule has 2 aromatic heterocycles. The first-order valence-electron chi connectivity index (χ1n) is 11.0. The van der Waals surface area contributed by atoms with Gasteiger partial charge < -0.3 is 9.45 Å². The third-order valence-corrected chi connectivity index (χ3v) is 9.20. The molecule has 1 fully saturated rings. The van der Waals surface area contributed by atoms with Gasteiger partial charge in [0.25, 0.3) is 0 Å². The lowest BCUT2D eigenvalue weighted by atomic mass is 9.73. The van der Waals surface area contributed by atoms with Crippen LogP contribution >= 0.6 is 22.6 Å². The molecule has 1 aromatic carbocycles. The Kier molecular flexibility index (Phi) is 5.79. The summed E-state index contributed by atoms with van der Waals surface area (Å²) in [6, 6.07) is 8.24. The van der Waals surface area contributed by atoms with Crippen molar-refractivity contribution < 1.29 is 4.55 Å². The topological polar surface area (TPSA) is 105 Å². The van der Waals surface area contributed by atoms with Gasteiger partial charge in [-0.15, -0.1) is 14.9 Å². The van der Waals surface area contributed by atoms with Gasteiger partial charge in [-0.05, 0) is 79.8 Å². The molecule has 8 nitrogen and oxygen atoms in total. The van der Waals surface area contributed by atoms with Crippen molar-refractivity contribution in [2.75, 3.05) is 18.0 Å². The van der Waals surface area contributed by atoms with Crippen LogP contribution in [0.1, 0.15) is 56.3 Å². The zero-order valence-electron chi connectivity index (χ0n) is 18.9. The van der Waals surface area contributed by atoms with Crippen LogP contribution in [-0.2, 0) is 17.8 Å². The van der Waals surface area contributed by atoms with Gasteiger partial charge in [0.2, 0.25) is 5.95 Å². The summed E-state index contributed by atoms with van der Waals surface area (Å²) in [6.07, 6.45) is 6.18. The largest absolute Gasteiger partial charge is 0.598 e. The molecule has 5 rings (SSSR count). The molecule has 0 radical (unpaired) electrons. The molecule has 2 atom stereocenters. The molecule has 0 saturated carbocycles. The maximum absolute atomic E-state index is 13.1. The number of hydrogen-bond acceptors (Lipinski definition) is 7. The van der Waals surface area contributed by atoms with Crippen LogP contribution in [-0.4, -0.2) is 42.0 Å². The van der Waals surface area contributed by atoms with Crippen molar-refractivity contribution in [1.29, 1.82) is 5.26 Å². The van der Waals surface area contributed by atoms with Gasteiger partial charge in [0.15, 0.2) is 5.65 Å². The van der Waals surface area contributed by atoms with Crippen molar-refractivity contribution >= 4 is 45.5 Å². The lowest BCUT2D eigenvalue weighted by Crippen LogP contribution is -2.50. The highest BCUT2D eigenvalue weighted by atomic mass is 127. The number of halogens is 1. The molecule has 1 aliphatic carbocycles. The van der Waals surface area contributed by atoms with Crippen LogP contribution < -0.4 is 9.62 Å². The van der Waals surface area contributed by atoms with E-state index in [-0.39, 0.29) is 16.2 Å². The normalized spacial score (nSPS) is 20.7. The third-order valence-electron chi connectivity index (χ3n) is 6.88. The Morgan fingerprint density at radius 1 is 1.30 bits per heavy atom. The Labute approximate surface area is 210 Å². The van der Waals surface area contributed by atoms with Crippen LogP contribution in [0.4, 0.5) is 5.95 Å². The number of piperidine rings is 1. The fourth-order valence-electron chi connectivity index (χ4n) is 5.06. The Morgan fingerprint density at radius 3 is 2.76 bits per heavy atom. The summed E-state index contributed by atoms with van der Waals surface area (Å²) >= 11 is 1.02. The summed E-state index contributed by atoms with van der Waals surface area (Å²) in [4.78, 5) is 6.96. The number of anilines is 1. The highest BCUT2D eigenvalue weighted by Gasteiger charge is 2.51. The van der Waals surface area contributed by atoms with E-state index in [0.717, 1.165) is 64.2 Å². The van der Waals surface area contributed by atoms with Crippen LogP contribution in [0.15, 0.2) is 30.7 Å². The van der Waals surface area contributed by atoms with Gasteiger partial charge in [0.1, 0.15) is 11.1 Å². The van der Waals surface area contributed by atoms with Gasteiger partial charge >= 0.3 is 0 Å². The average Bonchev–Trinajstić information content (AvgIpc) is 3.39. The first-order chi connectivity index (χ1) is 15.7. The number of aromatic nitrogens is 4. The first kappa shape index (κ1) is 22.8. The molecule has 3 heterocycles. The average molecular weight is 575 g/mol. The summed E-state index contributed by atoms with van der Waals surface area (Å²) in [5.41, 5.74) is 3.67. The quantitative estimate of drug-likeness (QED) is 0.376. The molecule has 0 bridgehead atoms. The Balaban J connectivity index is 1.46. The molecule has 10 heteroatoms. The van der Waals surface area contributed by atoms with Crippen LogP contribution in [0.2, 0.25) is 0 Å². The van der Waals surface area contributed by atoms with Crippen LogP contribution in [0.25, 0.3) is 5.65 Å². The van der Waals surface area contributed by atoms with Crippen molar-refractivity contribution in [2.24, 2.45) is 5.41 Å². The second-order valence-corrected chi connectivity index (χ2v) is 13.0. The third kappa shape index (κ3) is 3.88. The number of rotatable bonds is 3. The highest BCUT2D eigenvalue weighted by Crippen LogP contribution is 2.53. The predicted molar refractivity (Wildman–Crippen MR) is 136 cm³/mol. The Morgan fingerprint density at radius 2 is 2.06 bits per heavy atom. The minimum absolute atomic E-state index is 0.0531. The van der Waals surface area contributed by atoms with Crippen LogP contribution in [0.3, 0.4) is 0 Å². The molecular weight excluding hydrogens is 549 g/mol. The molecule has 2 aliphatic rings. The number of hydrogen-bond donors (Lipinski definition) is 1. The lowest BCUT2D eigenvalue weighted by molar-refractivity contribution is 0.175. The SMILES string of the molecule is CC(C)(C)[S@@+]([O-])N[C@@H]1c2cccc(C#N)c2CC12CCN(c1ncc(I)c3nncn13)CC2. The zero-order valence-corrected chi connectivity index (χ0v) is 21.9. The molecule has 1 spiro atoms. The molecule has 1 saturated heterocycles. The molecule has 1 N–H and O–H groups in total. The van der Waals surface area contributed by atoms with E-state index in [1.165, 1.54) is 0 Å². The minimum Gasteiger partial charge on any atom is -0.598 e. The van der Waals surface area contributed by atoms with Gasteiger partial charge in [-0.2, -0.15) is 5.26 Å².